The molecule has 4 N–H and O–H groups in total. The molecule has 2 heterocycles. The maximum absolute atomic E-state index is 12.7. The van der Waals surface area contributed by atoms with Gasteiger partial charge in [0, 0.05) is 41.7 Å². The molecule has 2 aromatic rings. The van der Waals surface area contributed by atoms with Crippen molar-refractivity contribution in [2.24, 2.45) is 11.7 Å². The van der Waals surface area contributed by atoms with Gasteiger partial charge < -0.3 is 16.4 Å². The molecule has 0 unspecified atom stereocenters. The Kier molecular flexibility index (Phi) is 3.66. The molecule has 0 bridgehead atoms. The second-order valence-corrected chi connectivity index (χ2v) is 5.57. The Morgan fingerprint density at radius 2 is 1.86 bits per heavy atom. The zero-order chi connectivity index (χ0) is 15.7. The SMILES string of the molecule is NC(=O)C1CCN(C(=O)c2nccc3c(N)cccc23)CC1. The first-order valence-corrected chi connectivity index (χ1v) is 7.29. The van der Waals surface area contributed by atoms with Crippen LogP contribution in [0.3, 0.4) is 0 Å². The largest absolute Gasteiger partial charge is 0.398 e. The molecule has 0 spiro atoms. The van der Waals surface area contributed by atoms with E-state index in [0.717, 1.165) is 10.8 Å². The smallest absolute Gasteiger partial charge is 0.273 e. The van der Waals surface area contributed by atoms with Gasteiger partial charge in [0.2, 0.25) is 5.91 Å². The Labute approximate surface area is 128 Å². The Bertz CT molecular complexity index is 736. The third kappa shape index (κ3) is 2.47. The second-order valence-electron chi connectivity index (χ2n) is 5.57. The fourth-order valence-electron chi connectivity index (χ4n) is 2.92. The van der Waals surface area contributed by atoms with Crippen LogP contribution in [0.2, 0.25) is 0 Å². The summed E-state index contributed by atoms with van der Waals surface area (Å²) in [5.74, 6) is -0.553. The van der Waals surface area contributed by atoms with E-state index in [2.05, 4.69) is 4.98 Å². The minimum atomic E-state index is -0.289. The monoisotopic (exact) mass is 298 g/mol. The Balaban J connectivity index is 1.88. The number of nitrogens with two attached hydrogens (primary N) is 2. The molecule has 1 aliphatic heterocycles. The lowest BCUT2D eigenvalue weighted by Crippen LogP contribution is -2.42. The number of benzene rings is 1. The van der Waals surface area contributed by atoms with Crippen molar-refractivity contribution in [1.29, 1.82) is 0 Å². The minimum absolute atomic E-state index is 0.126. The highest BCUT2D eigenvalue weighted by Crippen LogP contribution is 2.25. The number of piperidine rings is 1. The standard InChI is InChI=1S/C16H18N4O2/c17-13-3-1-2-12-11(13)4-7-19-14(12)16(22)20-8-5-10(6-9-20)15(18)21/h1-4,7,10H,5-6,8-9,17H2,(H2,18,21). The fourth-order valence-corrected chi connectivity index (χ4v) is 2.92. The summed E-state index contributed by atoms with van der Waals surface area (Å²) in [6, 6.07) is 7.27. The molecule has 2 amide bonds. The average molecular weight is 298 g/mol. The van der Waals surface area contributed by atoms with Gasteiger partial charge in [0.15, 0.2) is 0 Å². The van der Waals surface area contributed by atoms with Gasteiger partial charge in [-0.2, -0.15) is 0 Å². The Hall–Kier alpha value is -2.63. The highest BCUT2D eigenvalue weighted by molar-refractivity contribution is 6.07. The molecule has 1 saturated heterocycles. The van der Waals surface area contributed by atoms with Crippen LogP contribution < -0.4 is 11.5 Å². The highest BCUT2D eigenvalue weighted by atomic mass is 16.2. The van der Waals surface area contributed by atoms with Crippen molar-refractivity contribution in [3.63, 3.8) is 0 Å². The van der Waals surface area contributed by atoms with E-state index in [0.29, 0.717) is 37.3 Å². The second kappa shape index (κ2) is 5.63. The molecule has 1 aromatic heterocycles. The van der Waals surface area contributed by atoms with Gasteiger partial charge in [-0.05, 0) is 25.0 Å². The van der Waals surface area contributed by atoms with Crippen molar-refractivity contribution in [3.8, 4) is 0 Å². The van der Waals surface area contributed by atoms with Crippen molar-refractivity contribution in [2.75, 3.05) is 18.8 Å². The van der Waals surface area contributed by atoms with Gasteiger partial charge in [0.05, 0.1) is 0 Å². The number of amides is 2. The number of carbonyl (C=O) groups excluding carboxylic acids is 2. The van der Waals surface area contributed by atoms with Gasteiger partial charge in [-0.15, -0.1) is 0 Å². The van der Waals surface area contributed by atoms with Crippen LogP contribution >= 0.6 is 0 Å². The van der Waals surface area contributed by atoms with Crippen LogP contribution in [0.5, 0.6) is 0 Å². The maximum Gasteiger partial charge on any atom is 0.273 e. The number of hydrogen-bond donors (Lipinski definition) is 2. The summed E-state index contributed by atoms with van der Waals surface area (Å²) in [5.41, 5.74) is 12.3. The summed E-state index contributed by atoms with van der Waals surface area (Å²) in [5, 5.41) is 1.58. The van der Waals surface area contributed by atoms with Crippen LogP contribution in [0, 0.1) is 5.92 Å². The molecule has 0 radical (unpaired) electrons. The van der Waals surface area contributed by atoms with E-state index in [1.807, 2.05) is 12.1 Å². The van der Waals surface area contributed by atoms with Crippen molar-refractivity contribution in [1.82, 2.24) is 9.88 Å². The molecular formula is C16H18N4O2. The normalized spacial score (nSPS) is 15.9. The molecule has 114 valence electrons. The number of primary amides is 1. The zero-order valence-corrected chi connectivity index (χ0v) is 12.2. The summed E-state index contributed by atoms with van der Waals surface area (Å²) < 4.78 is 0. The molecule has 3 rings (SSSR count). The zero-order valence-electron chi connectivity index (χ0n) is 12.2. The number of fused-ring (bicyclic) bond motifs is 1. The van der Waals surface area contributed by atoms with Crippen molar-refractivity contribution in [3.05, 3.63) is 36.2 Å². The number of rotatable bonds is 2. The lowest BCUT2D eigenvalue weighted by molar-refractivity contribution is -0.123. The summed E-state index contributed by atoms with van der Waals surface area (Å²) in [7, 11) is 0. The number of anilines is 1. The quantitative estimate of drug-likeness (QED) is 0.812. The number of nitrogen functional groups attached to an aromatic ring is 1. The minimum Gasteiger partial charge on any atom is -0.398 e. The third-order valence-electron chi connectivity index (χ3n) is 4.23. The molecule has 1 aromatic carbocycles. The van der Waals surface area contributed by atoms with E-state index in [9.17, 15) is 9.59 Å². The third-order valence-corrected chi connectivity index (χ3v) is 4.23. The van der Waals surface area contributed by atoms with Gasteiger partial charge >= 0.3 is 0 Å². The van der Waals surface area contributed by atoms with Crippen molar-refractivity contribution >= 4 is 28.3 Å². The number of likely N-dealkylation sites (tertiary alicyclic amines) is 1. The van der Waals surface area contributed by atoms with Crippen LogP contribution in [-0.2, 0) is 4.79 Å². The van der Waals surface area contributed by atoms with Crippen LogP contribution in [0.25, 0.3) is 10.8 Å². The number of carbonyl (C=O) groups is 2. The average Bonchev–Trinajstić information content (AvgIpc) is 2.54. The first kappa shape index (κ1) is 14.3. The van der Waals surface area contributed by atoms with E-state index < -0.39 is 0 Å². The van der Waals surface area contributed by atoms with Crippen LogP contribution in [0.1, 0.15) is 23.3 Å². The molecule has 0 atom stereocenters. The first-order valence-electron chi connectivity index (χ1n) is 7.29. The predicted molar refractivity (Wildman–Crippen MR) is 84.0 cm³/mol. The lowest BCUT2D eigenvalue weighted by atomic mass is 9.96. The Morgan fingerprint density at radius 3 is 2.55 bits per heavy atom. The van der Waals surface area contributed by atoms with Crippen LogP contribution in [0.15, 0.2) is 30.5 Å². The first-order chi connectivity index (χ1) is 10.6. The molecule has 1 aliphatic rings. The van der Waals surface area contributed by atoms with Gasteiger partial charge in [0.25, 0.3) is 5.91 Å². The van der Waals surface area contributed by atoms with E-state index in [4.69, 9.17) is 11.5 Å². The predicted octanol–water partition coefficient (Wildman–Crippen LogP) is 1.15. The summed E-state index contributed by atoms with van der Waals surface area (Å²) in [6.07, 6.45) is 2.81. The summed E-state index contributed by atoms with van der Waals surface area (Å²) in [6.45, 7) is 1.04. The molecule has 0 saturated carbocycles. The number of aromatic nitrogens is 1. The Morgan fingerprint density at radius 1 is 1.14 bits per heavy atom. The number of hydrogen-bond acceptors (Lipinski definition) is 4. The molecule has 1 fully saturated rings. The fraction of sp³-hybridized carbons (Fsp3) is 0.312. The molecule has 6 heteroatoms. The lowest BCUT2D eigenvalue weighted by Gasteiger charge is -2.30. The topological polar surface area (TPSA) is 102 Å². The number of nitrogens with zero attached hydrogens (tertiary/aromatic N) is 2. The van der Waals surface area contributed by atoms with Crippen molar-refractivity contribution < 1.29 is 9.59 Å². The van der Waals surface area contributed by atoms with E-state index >= 15 is 0 Å². The molecule has 22 heavy (non-hydrogen) atoms. The van der Waals surface area contributed by atoms with Crippen LogP contribution in [-0.4, -0.2) is 34.8 Å². The van der Waals surface area contributed by atoms with E-state index in [-0.39, 0.29) is 17.7 Å². The maximum atomic E-state index is 12.7. The van der Waals surface area contributed by atoms with Crippen molar-refractivity contribution in [2.45, 2.75) is 12.8 Å². The number of pyridine rings is 1. The summed E-state index contributed by atoms with van der Waals surface area (Å²) >= 11 is 0. The van der Waals surface area contributed by atoms with Gasteiger partial charge in [-0.1, -0.05) is 12.1 Å². The van der Waals surface area contributed by atoms with E-state index in [1.165, 1.54) is 0 Å². The molecule has 6 nitrogen and oxygen atoms in total. The van der Waals surface area contributed by atoms with E-state index in [1.54, 1.807) is 23.2 Å². The highest BCUT2D eigenvalue weighted by Gasteiger charge is 2.27. The van der Waals surface area contributed by atoms with Gasteiger partial charge in [-0.3, -0.25) is 14.6 Å². The summed E-state index contributed by atoms with van der Waals surface area (Å²) in [4.78, 5) is 29.9. The van der Waals surface area contributed by atoms with Crippen LogP contribution in [0.4, 0.5) is 5.69 Å². The molecular weight excluding hydrogens is 280 g/mol. The molecule has 0 aliphatic carbocycles. The van der Waals surface area contributed by atoms with Gasteiger partial charge in [-0.25, -0.2) is 0 Å². The van der Waals surface area contributed by atoms with Gasteiger partial charge in [0.1, 0.15) is 5.69 Å².